The van der Waals surface area contributed by atoms with Crippen molar-refractivity contribution in [3.05, 3.63) is 0 Å². The van der Waals surface area contributed by atoms with Gasteiger partial charge in [-0.3, -0.25) is 9.59 Å². The Labute approximate surface area is 153 Å². The second-order valence-electron chi connectivity index (χ2n) is 6.69. The van der Waals surface area contributed by atoms with Crippen molar-refractivity contribution in [2.75, 3.05) is 44.9 Å². The minimum Gasteiger partial charge on any atom is -0.444 e. The zero-order valence-electron chi connectivity index (χ0n) is 15.4. The van der Waals surface area contributed by atoms with Crippen LogP contribution in [-0.4, -0.2) is 79.3 Å². The number of carbonyl (C=O) groups excluding carboxylic acids is 3. The average molecular weight is 375 g/mol. The van der Waals surface area contributed by atoms with Crippen molar-refractivity contribution in [1.29, 1.82) is 0 Å². The molecule has 0 bridgehead atoms. The van der Waals surface area contributed by atoms with Crippen LogP contribution in [0.2, 0.25) is 0 Å². The summed E-state index contributed by atoms with van der Waals surface area (Å²) in [5, 5.41) is 5.19. The largest absolute Gasteiger partial charge is 0.444 e. The van der Waals surface area contributed by atoms with Gasteiger partial charge in [-0.2, -0.15) is 11.8 Å². The number of thioether (sulfide) groups is 1. The second kappa shape index (κ2) is 10.5. The van der Waals surface area contributed by atoms with Crippen LogP contribution in [-0.2, 0) is 19.1 Å². The fourth-order valence-corrected chi connectivity index (χ4v) is 2.64. The minimum atomic E-state index is -0.736. The molecule has 1 saturated heterocycles. The Morgan fingerprint density at radius 2 is 1.88 bits per heavy atom. The SMILES string of the molecule is CSCC[C@H](NC(=O)OC(C)(C)C)C(=O)NCC(=O)N1CCOCC1. The number of ether oxygens (including phenoxy) is 2. The zero-order chi connectivity index (χ0) is 18.9. The smallest absolute Gasteiger partial charge is 0.408 e. The molecule has 0 unspecified atom stereocenters. The van der Waals surface area contributed by atoms with Gasteiger partial charge in [-0.25, -0.2) is 4.79 Å². The van der Waals surface area contributed by atoms with E-state index in [-0.39, 0.29) is 18.4 Å². The van der Waals surface area contributed by atoms with E-state index < -0.39 is 17.7 Å². The summed E-state index contributed by atoms with van der Waals surface area (Å²) in [5.74, 6) is 0.157. The van der Waals surface area contributed by atoms with E-state index in [2.05, 4.69) is 10.6 Å². The molecule has 9 heteroatoms. The molecular weight excluding hydrogens is 346 g/mol. The minimum absolute atomic E-state index is 0.0927. The maximum absolute atomic E-state index is 12.4. The lowest BCUT2D eigenvalue weighted by Crippen LogP contribution is -2.51. The van der Waals surface area contributed by atoms with Gasteiger partial charge in [-0.15, -0.1) is 0 Å². The quantitative estimate of drug-likeness (QED) is 0.677. The summed E-state index contributed by atoms with van der Waals surface area (Å²) in [4.78, 5) is 38.0. The number of nitrogens with zero attached hydrogens (tertiary/aromatic N) is 1. The molecule has 1 aliphatic heterocycles. The van der Waals surface area contributed by atoms with Crippen LogP contribution in [0, 0.1) is 0 Å². The summed E-state index contributed by atoms with van der Waals surface area (Å²) in [5.41, 5.74) is -0.642. The molecule has 1 rings (SSSR count). The molecule has 0 aromatic carbocycles. The van der Waals surface area contributed by atoms with Gasteiger partial charge in [0.05, 0.1) is 19.8 Å². The van der Waals surface area contributed by atoms with E-state index in [4.69, 9.17) is 9.47 Å². The first kappa shape index (κ1) is 21.6. The van der Waals surface area contributed by atoms with Gasteiger partial charge >= 0.3 is 6.09 Å². The van der Waals surface area contributed by atoms with E-state index in [0.29, 0.717) is 38.5 Å². The van der Waals surface area contributed by atoms with E-state index in [9.17, 15) is 14.4 Å². The zero-order valence-corrected chi connectivity index (χ0v) is 16.2. The Morgan fingerprint density at radius 3 is 2.44 bits per heavy atom. The molecule has 1 fully saturated rings. The van der Waals surface area contributed by atoms with Crippen LogP contribution >= 0.6 is 11.8 Å². The molecule has 0 aromatic rings. The summed E-state index contributed by atoms with van der Waals surface area (Å²) in [6, 6.07) is -0.736. The molecule has 0 spiro atoms. The first-order valence-electron chi connectivity index (χ1n) is 8.34. The monoisotopic (exact) mass is 375 g/mol. The number of alkyl carbamates (subject to hydrolysis) is 1. The van der Waals surface area contributed by atoms with Crippen LogP contribution in [0.25, 0.3) is 0 Å². The molecule has 0 radical (unpaired) electrons. The van der Waals surface area contributed by atoms with Crippen molar-refractivity contribution in [2.45, 2.75) is 38.8 Å². The van der Waals surface area contributed by atoms with Crippen molar-refractivity contribution in [1.82, 2.24) is 15.5 Å². The van der Waals surface area contributed by atoms with Crippen molar-refractivity contribution < 1.29 is 23.9 Å². The van der Waals surface area contributed by atoms with E-state index in [1.165, 1.54) is 0 Å². The number of hydrogen-bond donors (Lipinski definition) is 2. The van der Waals surface area contributed by atoms with Gasteiger partial charge in [0.2, 0.25) is 11.8 Å². The number of carbonyl (C=O) groups is 3. The highest BCUT2D eigenvalue weighted by atomic mass is 32.2. The van der Waals surface area contributed by atoms with Crippen molar-refractivity contribution in [2.24, 2.45) is 0 Å². The highest BCUT2D eigenvalue weighted by molar-refractivity contribution is 7.98. The molecule has 3 amide bonds. The topological polar surface area (TPSA) is 97.0 Å². The summed E-state index contributed by atoms with van der Waals surface area (Å²) >= 11 is 1.57. The van der Waals surface area contributed by atoms with E-state index in [0.717, 1.165) is 0 Å². The van der Waals surface area contributed by atoms with Gasteiger partial charge in [0.15, 0.2) is 0 Å². The van der Waals surface area contributed by atoms with Crippen LogP contribution in [0.5, 0.6) is 0 Å². The number of amides is 3. The van der Waals surface area contributed by atoms with Gasteiger partial charge in [0, 0.05) is 13.1 Å². The van der Waals surface area contributed by atoms with Crippen LogP contribution in [0.3, 0.4) is 0 Å². The predicted molar refractivity (Wildman–Crippen MR) is 96.6 cm³/mol. The van der Waals surface area contributed by atoms with Gasteiger partial charge in [-0.05, 0) is 39.2 Å². The molecule has 0 aromatic heterocycles. The normalized spacial score (nSPS) is 16.1. The Bertz CT molecular complexity index is 461. The predicted octanol–water partition coefficient (Wildman–Crippen LogP) is 0.608. The van der Waals surface area contributed by atoms with Crippen LogP contribution in [0.4, 0.5) is 4.79 Å². The fraction of sp³-hybridized carbons (Fsp3) is 0.812. The highest BCUT2D eigenvalue weighted by Gasteiger charge is 2.25. The summed E-state index contributed by atoms with van der Waals surface area (Å²) in [7, 11) is 0. The van der Waals surface area contributed by atoms with E-state index in [1.807, 2.05) is 6.26 Å². The Kier molecular flexibility index (Phi) is 9.05. The summed E-state index contributed by atoms with van der Waals surface area (Å²) in [6.45, 7) is 7.25. The Balaban J connectivity index is 2.51. The van der Waals surface area contributed by atoms with Crippen molar-refractivity contribution >= 4 is 29.7 Å². The molecule has 8 nitrogen and oxygen atoms in total. The fourth-order valence-electron chi connectivity index (χ4n) is 2.16. The van der Waals surface area contributed by atoms with E-state index in [1.54, 1.807) is 37.4 Å². The molecule has 144 valence electrons. The van der Waals surface area contributed by atoms with Crippen molar-refractivity contribution in [3.63, 3.8) is 0 Å². The first-order chi connectivity index (χ1) is 11.7. The Morgan fingerprint density at radius 1 is 1.24 bits per heavy atom. The lowest BCUT2D eigenvalue weighted by Gasteiger charge is -2.27. The highest BCUT2D eigenvalue weighted by Crippen LogP contribution is 2.08. The average Bonchev–Trinajstić information content (AvgIpc) is 2.55. The molecule has 25 heavy (non-hydrogen) atoms. The lowest BCUT2D eigenvalue weighted by atomic mass is 10.2. The van der Waals surface area contributed by atoms with Crippen LogP contribution < -0.4 is 10.6 Å². The van der Waals surface area contributed by atoms with Gasteiger partial charge < -0.3 is 25.0 Å². The molecule has 0 aliphatic carbocycles. The third-order valence-electron chi connectivity index (χ3n) is 3.40. The molecule has 2 N–H and O–H groups in total. The van der Waals surface area contributed by atoms with Crippen molar-refractivity contribution in [3.8, 4) is 0 Å². The third-order valence-corrected chi connectivity index (χ3v) is 4.04. The standard InChI is InChI=1S/C16H29N3O5S/c1-16(2,3)24-15(22)18-12(5-10-25-4)14(21)17-11-13(20)19-6-8-23-9-7-19/h12H,5-11H2,1-4H3,(H,17,21)(H,18,22)/t12-/m0/s1. The third kappa shape index (κ3) is 8.97. The van der Waals surface area contributed by atoms with Crippen LogP contribution in [0.15, 0.2) is 0 Å². The lowest BCUT2D eigenvalue weighted by molar-refractivity contribution is -0.136. The maximum Gasteiger partial charge on any atom is 0.408 e. The van der Waals surface area contributed by atoms with Gasteiger partial charge in [0.25, 0.3) is 0 Å². The summed E-state index contributed by atoms with van der Waals surface area (Å²) < 4.78 is 10.4. The number of rotatable bonds is 7. The maximum atomic E-state index is 12.4. The van der Waals surface area contributed by atoms with Gasteiger partial charge in [0.1, 0.15) is 11.6 Å². The molecule has 1 atom stereocenters. The van der Waals surface area contributed by atoms with Gasteiger partial charge in [-0.1, -0.05) is 0 Å². The number of nitrogens with one attached hydrogen (secondary N) is 2. The molecule has 1 heterocycles. The molecule has 0 saturated carbocycles. The van der Waals surface area contributed by atoms with Crippen LogP contribution in [0.1, 0.15) is 27.2 Å². The number of hydrogen-bond acceptors (Lipinski definition) is 6. The van der Waals surface area contributed by atoms with E-state index >= 15 is 0 Å². The number of morpholine rings is 1. The molecule has 1 aliphatic rings. The first-order valence-corrected chi connectivity index (χ1v) is 9.74. The Hall–Kier alpha value is -1.48. The summed E-state index contributed by atoms with van der Waals surface area (Å²) in [6.07, 6.45) is 1.73. The second-order valence-corrected chi connectivity index (χ2v) is 7.68. The molecular formula is C16H29N3O5S.